The first-order valence-corrected chi connectivity index (χ1v) is 6.79. The Morgan fingerprint density at radius 1 is 1.37 bits per heavy atom. The van der Waals surface area contributed by atoms with E-state index in [9.17, 15) is 4.79 Å². The van der Waals surface area contributed by atoms with Gasteiger partial charge in [-0.2, -0.15) is 5.10 Å². The molecular formula is C14H18N4O. The van der Waals surface area contributed by atoms with Gasteiger partial charge in [-0.25, -0.2) is 0 Å². The zero-order valence-corrected chi connectivity index (χ0v) is 10.8. The average molecular weight is 258 g/mol. The summed E-state index contributed by atoms with van der Waals surface area (Å²) in [5.41, 5.74) is 1.37. The lowest BCUT2D eigenvalue weighted by Gasteiger charge is -2.23. The molecule has 0 aliphatic carbocycles. The number of aromatic amines is 1. The molecule has 1 amide bonds. The van der Waals surface area contributed by atoms with E-state index in [1.165, 1.54) is 12.8 Å². The summed E-state index contributed by atoms with van der Waals surface area (Å²) in [6, 6.07) is 8.06. The molecule has 5 nitrogen and oxygen atoms in total. The molecule has 3 N–H and O–H groups in total. The van der Waals surface area contributed by atoms with Crippen LogP contribution in [0, 0.1) is 0 Å². The minimum absolute atomic E-state index is 0.107. The zero-order chi connectivity index (χ0) is 13.1. The third-order valence-electron chi connectivity index (χ3n) is 3.61. The van der Waals surface area contributed by atoms with Crippen molar-refractivity contribution in [2.75, 3.05) is 13.1 Å². The first-order valence-electron chi connectivity index (χ1n) is 6.79. The van der Waals surface area contributed by atoms with Gasteiger partial charge in [-0.3, -0.25) is 9.89 Å². The smallest absolute Gasteiger partial charge is 0.272 e. The number of para-hydroxylation sites is 1. The maximum Gasteiger partial charge on any atom is 0.272 e. The van der Waals surface area contributed by atoms with Crippen LogP contribution in [0.5, 0.6) is 0 Å². The molecule has 1 saturated heterocycles. The van der Waals surface area contributed by atoms with Crippen molar-refractivity contribution in [1.29, 1.82) is 0 Å². The SMILES string of the molecule is O=C(NCC1CCCCN1)c1n[nH]c2ccccc12. The van der Waals surface area contributed by atoms with Gasteiger partial charge in [-0.1, -0.05) is 24.6 Å². The summed E-state index contributed by atoms with van der Waals surface area (Å²) in [6.45, 7) is 1.71. The molecule has 1 aromatic heterocycles. The van der Waals surface area contributed by atoms with E-state index >= 15 is 0 Å². The van der Waals surface area contributed by atoms with Gasteiger partial charge in [0.2, 0.25) is 0 Å². The van der Waals surface area contributed by atoms with Crippen molar-refractivity contribution in [1.82, 2.24) is 20.8 Å². The predicted octanol–water partition coefficient (Wildman–Crippen LogP) is 1.43. The molecule has 1 unspecified atom stereocenters. The molecule has 5 heteroatoms. The maximum absolute atomic E-state index is 12.1. The zero-order valence-electron chi connectivity index (χ0n) is 10.8. The molecule has 2 aromatic rings. The summed E-state index contributed by atoms with van der Waals surface area (Å²) >= 11 is 0. The number of hydrogen-bond donors (Lipinski definition) is 3. The van der Waals surface area contributed by atoms with E-state index in [-0.39, 0.29) is 5.91 Å². The van der Waals surface area contributed by atoms with Gasteiger partial charge in [0.25, 0.3) is 5.91 Å². The lowest BCUT2D eigenvalue weighted by Crippen LogP contribution is -2.43. The number of fused-ring (bicyclic) bond motifs is 1. The van der Waals surface area contributed by atoms with E-state index in [0.717, 1.165) is 23.9 Å². The third-order valence-corrected chi connectivity index (χ3v) is 3.61. The van der Waals surface area contributed by atoms with Gasteiger partial charge in [-0.15, -0.1) is 0 Å². The van der Waals surface area contributed by atoms with E-state index in [0.29, 0.717) is 18.3 Å². The summed E-state index contributed by atoms with van der Waals surface area (Å²) in [7, 11) is 0. The topological polar surface area (TPSA) is 69.8 Å². The molecule has 1 fully saturated rings. The highest BCUT2D eigenvalue weighted by Gasteiger charge is 2.17. The largest absolute Gasteiger partial charge is 0.349 e. The van der Waals surface area contributed by atoms with Crippen LogP contribution in [0.4, 0.5) is 0 Å². The Morgan fingerprint density at radius 3 is 3.11 bits per heavy atom. The van der Waals surface area contributed by atoms with Crippen LogP contribution < -0.4 is 10.6 Å². The van der Waals surface area contributed by atoms with Crippen LogP contribution in [0.3, 0.4) is 0 Å². The number of nitrogens with one attached hydrogen (secondary N) is 3. The normalized spacial score (nSPS) is 19.5. The molecule has 19 heavy (non-hydrogen) atoms. The van der Waals surface area contributed by atoms with E-state index in [4.69, 9.17) is 0 Å². The molecule has 0 radical (unpaired) electrons. The molecule has 1 aliphatic heterocycles. The van der Waals surface area contributed by atoms with Crippen LogP contribution in [-0.2, 0) is 0 Å². The second-order valence-electron chi connectivity index (χ2n) is 4.97. The molecular weight excluding hydrogens is 240 g/mol. The van der Waals surface area contributed by atoms with E-state index in [1.54, 1.807) is 0 Å². The van der Waals surface area contributed by atoms with Crippen molar-refractivity contribution in [2.45, 2.75) is 25.3 Å². The Labute approximate surface area is 111 Å². The summed E-state index contributed by atoms with van der Waals surface area (Å²) in [4.78, 5) is 12.1. The molecule has 0 spiro atoms. The van der Waals surface area contributed by atoms with E-state index < -0.39 is 0 Å². The predicted molar refractivity (Wildman–Crippen MR) is 74.1 cm³/mol. The number of rotatable bonds is 3. The lowest BCUT2D eigenvalue weighted by atomic mass is 10.1. The van der Waals surface area contributed by atoms with Crippen molar-refractivity contribution in [3.63, 3.8) is 0 Å². The number of benzene rings is 1. The number of amides is 1. The summed E-state index contributed by atoms with van der Waals surface area (Å²) in [5.74, 6) is -0.107. The fraction of sp³-hybridized carbons (Fsp3) is 0.429. The van der Waals surface area contributed by atoms with Crippen LogP contribution in [0.2, 0.25) is 0 Å². The Balaban J connectivity index is 1.66. The quantitative estimate of drug-likeness (QED) is 0.780. The Bertz CT molecular complexity index is 572. The second kappa shape index (κ2) is 5.40. The Kier molecular flexibility index (Phi) is 3.46. The first kappa shape index (κ1) is 12.2. The summed E-state index contributed by atoms with van der Waals surface area (Å²) in [5, 5.41) is 14.2. The van der Waals surface area contributed by atoms with Gasteiger partial charge in [0.1, 0.15) is 0 Å². The van der Waals surface area contributed by atoms with Gasteiger partial charge < -0.3 is 10.6 Å². The van der Waals surface area contributed by atoms with Crippen LogP contribution in [0.15, 0.2) is 24.3 Å². The minimum atomic E-state index is -0.107. The fourth-order valence-electron chi connectivity index (χ4n) is 2.53. The van der Waals surface area contributed by atoms with E-state index in [1.807, 2.05) is 24.3 Å². The number of aromatic nitrogens is 2. The number of nitrogens with zero attached hydrogens (tertiary/aromatic N) is 1. The van der Waals surface area contributed by atoms with Gasteiger partial charge in [0.15, 0.2) is 5.69 Å². The minimum Gasteiger partial charge on any atom is -0.349 e. The van der Waals surface area contributed by atoms with Crippen LogP contribution >= 0.6 is 0 Å². The molecule has 0 saturated carbocycles. The first-order chi connectivity index (χ1) is 9.34. The number of carbonyl (C=O) groups excluding carboxylic acids is 1. The van der Waals surface area contributed by atoms with Gasteiger partial charge >= 0.3 is 0 Å². The number of hydrogen-bond acceptors (Lipinski definition) is 3. The molecule has 2 heterocycles. The van der Waals surface area contributed by atoms with Gasteiger partial charge in [-0.05, 0) is 25.5 Å². The summed E-state index contributed by atoms with van der Waals surface area (Å²) in [6.07, 6.45) is 3.59. The number of H-pyrrole nitrogens is 1. The van der Waals surface area contributed by atoms with Crippen molar-refractivity contribution in [2.24, 2.45) is 0 Å². The highest BCUT2D eigenvalue weighted by Crippen LogP contribution is 2.14. The summed E-state index contributed by atoms with van der Waals surface area (Å²) < 4.78 is 0. The second-order valence-corrected chi connectivity index (χ2v) is 4.97. The molecule has 100 valence electrons. The van der Waals surface area contributed by atoms with E-state index in [2.05, 4.69) is 20.8 Å². The molecule has 1 aliphatic rings. The van der Waals surface area contributed by atoms with Crippen molar-refractivity contribution in [3.8, 4) is 0 Å². The molecule has 3 rings (SSSR count). The molecule has 1 atom stereocenters. The molecule has 1 aromatic carbocycles. The fourth-order valence-corrected chi connectivity index (χ4v) is 2.53. The third kappa shape index (κ3) is 2.61. The highest BCUT2D eigenvalue weighted by molar-refractivity contribution is 6.04. The van der Waals surface area contributed by atoms with Crippen LogP contribution in [-0.4, -0.2) is 35.2 Å². The number of piperidine rings is 1. The Morgan fingerprint density at radius 2 is 2.26 bits per heavy atom. The average Bonchev–Trinajstić information content (AvgIpc) is 2.90. The van der Waals surface area contributed by atoms with Gasteiger partial charge in [0, 0.05) is 18.0 Å². The standard InChI is InChI=1S/C14H18N4O/c19-14(16-9-10-5-3-4-8-15-10)13-11-6-1-2-7-12(11)17-18-13/h1-2,6-7,10,15H,3-5,8-9H2,(H,16,19)(H,17,18). The monoisotopic (exact) mass is 258 g/mol. The maximum atomic E-state index is 12.1. The highest BCUT2D eigenvalue weighted by atomic mass is 16.1. The van der Waals surface area contributed by atoms with Crippen LogP contribution in [0.1, 0.15) is 29.8 Å². The Hall–Kier alpha value is -1.88. The lowest BCUT2D eigenvalue weighted by molar-refractivity contribution is 0.0944. The molecule has 0 bridgehead atoms. The van der Waals surface area contributed by atoms with Gasteiger partial charge in [0.05, 0.1) is 5.52 Å². The van der Waals surface area contributed by atoms with Crippen molar-refractivity contribution >= 4 is 16.8 Å². The van der Waals surface area contributed by atoms with Crippen LogP contribution in [0.25, 0.3) is 10.9 Å². The number of carbonyl (C=O) groups is 1. The van der Waals surface area contributed by atoms with Crippen molar-refractivity contribution in [3.05, 3.63) is 30.0 Å². The van der Waals surface area contributed by atoms with Crippen molar-refractivity contribution < 1.29 is 4.79 Å².